The van der Waals surface area contributed by atoms with Crippen LogP contribution in [0.1, 0.15) is 6.92 Å². The number of anilines is 1. The minimum atomic E-state index is -0.180. The second-order valence-electron chi connectivity index (χ2n) is 4.30. The summed E-state index contributed by atoms with van der Waals surface area (Å²) in [6.45, 7) is 2.46. The van der Waals surface area contributed by atoms with E-state index < -0.39 is 0 Å². The molecule has 112 valence electrons. The summed E-state index contributed by atoms with van der Waals surface area (Å²) in [5.74, 6) is 0.341. The lowest BCUT2D eigenvalue weighted by Gasteiger charge is -2.24. The molecule has 2 rings (SSSR count). The maximum absolute atomic E-state index is 12.3. The van der Waals surface area contributed by atoms with Crippen LogP contribution in [0.2, 0.25) is 5.15 Å². The number of halogens is 1. The van der Waals surface area contributed by atoms with Crippen LogP contribution in [0.5, 0.6) is 0 Å². The Kier molecular flexibility index (Phi) is 5.08. The summed E-state index contributed by atoms with van der Waals surface area (Å²) in [6, 6.07) is 3.48. The number of rotatable bonds is 4. The zero-order chi connectivity index (χ0) is 15.4. The molecule has 0 atom stereocenters. The van der Waals surface area contributed by atoms with Gasteiger partial charge < -0.3 is 4.90 Å². The first-order valence-electron chi connectivity index (χ1n) is 6.37. The van der Waals surface area contributed by atoms with Gasteiger partial charge in [0, 0.05) is 19.8 Å². The number of aromatic nitrogens is 3. The van der Waals surface area contributed by atoms with E-state index in [2.05, 4.69) is 22.7 Å². The van der Waals surface area contributed by atoms with E-state index in [4.69, 9.17) is 11.6 Å². The Morgan fingerprint density at radius 3 is 2.86 bits per heavy atom. The quantitative estimate of drug-likeness (QED) is 0.694. The van der Waals surface area contributed by atoms with Crippen molar-refractivity contribution in [2.45, 2.75) is 6.92 Å². The predicted molar refractivity (Wildman–Crippen MR) is 86.4 cm³/mol. The molecule has 0 saturated heterocycles. The van der Waals surface area contributed by atoms with Crippen LogP contribution in [0.3, 0.4) is 0 Å². The second kappa shape index (κ2) is 6.82. The van der Waals surface area contributed by atoms with Crippen molar-refractivity contribution in [3.05, 3.63) is 35.9 Å². The van der Waals surface area contributed by atoms with Crippen LogP contribution in [-0.2, 0) is 0 Å². The van der Waals surface area contributed by atoms with Gasteiger partial charge in [-0.1, -0.05) is 11.6 Å². The number of hydrogen-bond donors (Lipinski definition) is 1. The van der Waals surface area contributed by atoms with E-state index >= 15 is 0 Å². The summed E-state index contributed by atoms with van der Waals surface area (Å²) in [7, 11) is 1.66. The Balaban J connectivity index is 2.29. The van der Waals surface area contributed by atoms with Gasteiger partial charge in [0.2, 0.25) is 0 Å². The molecule has 0 aliphatic heterocycles. The first-order valence-corrected chi connectivity index (χ1v) is 7.38. The third-order valence-corrected chi connectivity index (χ3v) is 3.64. The molecule has 0 unspecified atom stereocenters. The molecule has 2 aromatic heterocycles. The smallest absolute Gasteiger partial charge is 0.316 e. The Morgan fingerprint density at radius 2 is 2.29 bits per heavy atom. The fourth-order valence-corrected chi connectivity index (χ4v) is 2.38. The number of nitrogens with zero attached hydrogens (tertiary/aromatic N) is 5. The number of urea groups is 1. The van der Waals surface area contributed by atoms with Crippen molar-refractivity contribution in [3.63, 3.8) is 0 Å². The van der Waals surface area contributed by atoms with Crippen LogP contribution in [0.15, 0.2) is 30.7 Å². The van der Waals surface area contributed by atoms with E-state index in [1.54, 1.807) is 41.3 Å². The number of carbonyl (C=O) groups excluding carboxylic acids is 1. The van der Waals surface area contributed by atoms with Crippen LogP contribution in [0, 0.1) is 0 Å². The van der Waals surface area contributed by atoms with E-state index in [0.29, 0.717) is 18.1 Å². The Bertz CT molecular complexity index is 614. The lowest BCUT2D eigenvalue weighted by Crippen LogP contribution is -2.40. The largest absolute Gasteiger partial charge is 0.325 e. The minimum Gasteiger partial charge on any atom is -0.316 e. The van der Waals surface area contributed by atoms with E-state index in [1.165, 1.54) is 4.90 Å². The van der Waals surface area contributed by atoms with Crippen molar-refractivity contribution in [3.8, 4) is 5.69 Å². The maximum Gasteiger partial charge on any atom is 0.325 e. The Labute approximate surface area is 133 Å². The van der Waals surface area contributed by atoms with Crippen molar-refractivity contribution >= 4 is 35.9 Å². The molecule has 0 radical (unpaired) electrons. The van der Waals surface area contributed by atoms with Gasteiger partial charge in [-0.15, -0.1) is 0 Å². The molecular formula is C13H16ClN5OS. The lowest BCUT2D eigenvalue weighted by molar-refractivity contribution is 0.217. The zero-order valence-electron chi connectivity index (χ0n) is 11.8. The molecule has 8 heteroatoms. The highest BCUT2D eigenvalue weighted by atomic mass is 35.5. The monoisotopic (exact) mass is 325 g/mol. The van der Waals surface area contributed by atoms with Crippen LogP contribution < -0.4 is 4.90 Å². The van der Waals surface area contributed by atoms with Gasteiger partial charge in [0.15, 0.2) is 5.15 Å². The van der Waals surface area contributed by atoms with Crippen LogP contribution in [0.25, 0.3) is 5.69 Å². The average molecular weight is 326 g/mol. The van der Waals surface area contributed by atoms with Crippen molar-refractivity contribution < 1.29 is 4.79 Å². The van der Waals surface area contributed by atoms with Gasteiger partial charge in [0.25, 0.3) is 0 Å². The first kappa shape index (κ1) is 15.7. The van der Waals surface area contributed by atoms with Gasteiger partial charge in [-0.3, -0.25) is 9.88 Å². The van der Waals surface area contributed by atoms with Gasteiger partial charge >= 0.3 is 6.03 Å². The standard InChI is InChI=1S/C13H16ClN5OS/c1-3-18(9-21)13(20)17(2)11-8-19(16-12(11)14)10-5-4-6-15-7-10/h4-8,21H,3,9H2,1-2H3. The number of hydrogen-bond acceptors (Lipinski definition) is 4. The molecule has 0 aromatic carbocycles. The van der Waals surface area contributed by atoms with Gasteiger partial charge in [-0.05, 0) is 19.1 Å². The van der Waals surface area contributed by atoms with Crippen LogP contribution in [-0.4, -0.2) is 45.2 Å². The highest BCUT2D eigenvalue weighted by Gasteiger charge is 2.21. The number of pyridine rings is 1. The SMILES string of the molecule is CCN(CS)C(=O)N(C)c1cn(-c2cccnc2)nc1Cl. The second-order valence-corrected chi connectivity index (χ2v) is 4.94. The highest BCUT2D eigenvalue weighted by Crippen LogP contribution is 2.25. The molecule has 0 fully saturated rings. The van der Waals surface area contributed by atoms with Gasteiger partial charge in [-0.2, -0.15) is 17.7 Å². The molecule has 2 amide bonds. The zero-order valence-corrected chi connectivity index (χ0v) is 13.4. The topological polar surface area (TPSA) is 54.3 Å². The van der Waals surface area contributed by atoms with Crippen LogP contribution in [0.4, 0.5) is 10.5 Å². The molecule has 0 spiro atoms. The van der Waals surface area contributed by atoms with Gasteiger partial charge in [-0.25, -0.2) is 9.48 Å². The third-order valence-electron chi connectivity index (χ3n) is 3.03. The third kappa shape index (κ3) is 3.30. The van der Waals surface area contributed by atoms with E-state index in [1.807, 2.05) is 13.0 Å². The Hall–Kier alpha value is -1.73. The summed E-state index contributed by atoms with van der Waals surface area (Å²) >= 11 is 10.3. The average Bonchev–Trinajstić information content (AvgIpc) is 2.90. The molecular weight excluding hydrogens is 310 g/mol. The summed E-state index contributed by atoms with van der Waals surface area (Å²) in [4.78, 5) is 19.4. The molecule has 0 saturated carbocycles. The summed E-state index contributed by atoms with van der Waals surface area (Å²) in [5.41, 5.74) is 1.30. The first-order chi connectivity index (χ1) is 10.1. The summed E-state index contributed by atoms with van der Waals surface area (Å²) < 4.78 is 1.59. The van der Waals surface area contributed by atoms with Crippen molar-refractivity contribution in [2.24, 2.45) is 0 Å². The van der Waals surface area contributed by atoms with Gasteiger partial charge in [0.05, 0.1) is 24.0 Å². The molecule has 0 aliphatic carbocycles. The summed E-state index contributed by atoms with van der Waals surface area (Å²) in [5, 5.41) is 4.46. The molecule has 0 aliphatic rings. The normalized spacial score (nSPS) is 10.5. The molecule has 0 bridgehead atoms. The minimum absolute atomic E-state index is 0.180. The molecule has 2 heterocycles. The fraction of sp³-hybridized carbons (Fsp3) is 0.308. The molecule has 6 nitrogen and oxygen atoms in total. The fourth-order valence-electron chi connectivity index (χ4n) is 1.80. The van der Waals surface area contributed by atoms with Crippen molar-refractivity contribution in [1.29, 1.82) is 0 Å². The predicted octanol–water partition coefficient (Wildman–Crippen LogP) is 2.69. The highest BCUT2D eigenvalue weighted by molar-refractivity contribution is 7.80. The summed E-state index contributed by atoms with van der Waals surface area (Å²) in [6.07, 6.45) is 5.04. The van der Waals surface area contributed by atoms with E-state index in [-0.39, 0.29) is 11.2 Å². The van der Waals surface area contributed by atoms with Crippen molar-refractivity contribution in [1.82, 2.24) is 19.7 Å². The maximum atomic E-state index is 12.3. The number of amides is 2. The van der Waals surface area contributed by atoms with E-state index in [9.17, 15) is 4.79 Å². The number of carbonyl (C=O) groups is 1. The lowest BCUT2D eigenvalue weighted by atomic mass is 10.4. The molecule has 0 N–H and O–H groups in total. The van der Waals surface area contributed by atoms with Gasteiger partial charge in [0.1, 0.15) is 5.69 Å². The van der Waals surface area contributed by atoms with E-state index in [0.717, 1.165) is 5.69 Å². The van der Waals surface area contributed by atoms with Crippen molar-refractivity contribution in [2.75, 3.05) is 24.4 Å². The molecule has 21 heavy (non-hydrogen) atoms. The van der Waals surface area contributed by atoms with Crippen LogP contribution >= 0.6 is 24.2 Å². The molecule has 2 aromatic rings. The number of thiol groups is 1. The Morgan fingerprint density at radius 1 is 1.52 bits per heavy atom.